The highest BCUT2D eigenvalue weighted by Gasteiger charge is 2.50. The van der Waals surface area contributed by atoms with Crippen molar-refractivity contribution in [3.63, 3.8) is 0 Å². The van der Waals surface area contributed by atoms with Crippen LogP contribution in [0.15, 0.2) is 42.5 Å². The summed E-state index contributed by atoms with van der Waals surface area (Å²) in [6.45, 7) is 0.831. The standard InChI is InChI=1S/C19H18ClFN2O2/c1-25-17-9-6-13(20)11-16(17)23-18(12-4-7-14(21)8-5-12)22-10-2-3-15(22)19(23)24/h4-9,11,15,18H,2-3,10H2,1H3/t15-,18+/m0/s1. The Labute approximate surface area is 150 Å². The van der Waals surface area contributed by atoms with Gasteiger partial charge in [0.2, 0.25) is 5.91 Å². The SMILES string of the molecule is COc1ccc(Cl)cc1N1C(=O)[C@@H]2CCCN2[C@H]1c1ccc(F)cc1. The van der Waals surface area contributed by atoms with Gasteiger partial charge in [-0.3, -0.25) is 14.6 Å². The minimum Gasteiger partial charge on any atom is -0.495 e. The molecule has 0 bridgehead atoms. The maximum Gasteiger partial charge on any atom is 0.246 e. The van der Waals surface area contributed by atoms with Gasteiger partial charge in [-0.15, -0.1) is 0 Å². The molecule has 0 aliphatic carbocycles. The molecular formula is C19H18ClFN2O2. The molecule has 25 heavy (non-hydrogen) atoms. The van der Waals surface area contributed by atoms with Gasteiger partial charge in [-0.05, 0) is 48.7 Å². The van der Waals surface area contributed by atoms with Crippen molar-refractivity contribution in [1.82, 2.24) is 4.90 Å². The number of anilines is 1. The van der Waals surface area contributed by atoms with Gasteiger partial charge in [-0.1, -0.05) is 23.7 Å². The van der Waals surface area contributed by atoms with Crippen molar-refractivity contribution >= 4 is 23.2 Å². The molecule has 0 N–H and O–H groups in total. The van der Waals surface area contributed by atoms with Gasteiger partial charge in [0.15, 0.2) is 0 Å². The number of benzene rings is 2. The fourth-order valence-corrected chi connectivity index (χ4v) is 4.02. The van der Waals surface area contributed by atoms with Crippen molar-refractivity contribution in [2.24, 2.45) is 0 Å². The Morgan fingerprint density at radius 2 is 1.96 bits per heavy atom. The topological polar surface area (TPSA) is 32.8 Å². The molecule has 0 unspecified atom stereocenters. The van der Waals surface area contributed by atoms with Crippen LogP contribution < -0.4 is 9.64 Å². The Bertz CT molecular complexity index is 812. The summed E-state index contributed by atoms with van der Waals surface area (Å²) in [6, 6.07) is 11.4. The lowest BCUT2D eigenvalue weighted by molar-refractivity contribution is -0.119. The molecule has 1 amide bonds. The summed E-state index contributed by atoms with van der Waals surface area (Å²) in [6.07, 6.45) is 1.53. The smallest absolute Gasteiger partial charge is 0.246 e. The van der Waals surface area contributed by atoms with Gasteiger partial charge in [-0.2, -0.15) is 0 Å². The fourth-order valence-electron chi connectivity index (χ4n) is 3.85. The molecule has 130 valence electrons. The second kappa shape index (κ2) is 6.32. The van der Waals surface area contributed by atoms with Gasteiger partial charge in [-0.25, -0.2) is 4.39 Å². The van der Waals surface area contributed by atoms with E-state index in [0.29, 0.717) is 16.5 Å². The van der Waals surface area contributed by atoms with E-state index in [-0.39, 0.29) is 23.9 Å². The third kappa shape index (κ3) is 2.68. The first-order valence-electron chi connectivity index (χ1n) is 8.28. The van der Waals surface area contributed by atoms with Crippen LogP contribution in [0, 0.1) is 5.82 Å². The molecule has 0 radical (unpaired) electrons. The first-order valence-corrected chi connectivity index (χ1v) is 8.66. The number of carbonyl (C=O) groups is 1. The molecule has 6 heteroatoms. The van der Waals surface area contributed by atoms with Crippen LogP contribution in [0.1, 0.15) is 24.6 Å². The monoisotopic (exact) mass is 360 g/mol. The number of fused-ring (bicyclic) bond motifs is 1. The van der Waals surface area contributed by atoms with E-state index in [1.165, 1.54) is 12.1 Å². The van der Waals surface area contributed by atoms with Crippen molar-refractivity contribution < 1.29 is 13.9 Å². The first kappa shape index (κ1) is 16.4. The number of hydrogen-bond donors (Lipinski definition) is 0. The summed E-state index contributed by atoms with van der Waals surface area (Å²) >= 11 is 6.18. The summed E-state index contributed by atoms with van der Waals surface area (Å²) in [5.74, 6) is 0.330. The van der Waals surface area contributed by atoms with Crippen LogP contribution in [0.5, 0.6) is 5.75 Å². The number of halogens is 2. The predicted octanol–water partition coefficient (Wildman–Crippen LogP) is 4.00. The van der Waals surface area contributed by atoms with Gasteiger partial charge in [0.05, 0.1) is 18.8 Å². The summed E-state index contributed by atoms with van der Waals surface area (Å²) in [5.41, 5.74) is 1.52. The van der Waals surface area contributed by atoms with Gasteiger partial charge in [0.1, 0.15) is 17.7 Å². The molecule has 2 aromatic rings. The molecule has 0 saturated carbocycles. The number of amides is 1. The third-order valence-electron chi connectivity index (χ3n) is 4.94. The molecular weight excluding hydrogens is 343 g/mol. The van der Waals surface area contributed by atoms with Crippen LogP contribution in [0.2, 0.25) is 5.02 Å². The summed E-state index contributed by atoms with van der Waals surface area (Å²) < 4.78 is 18.8. The van der Waals surface area contributed by atoms with E-state index in [1.807, 2.05) is 0 Å². The molecule has 4 nitrogen and oxygen atoms in total. The van der Waals surface area contributed by atoms with Crippen molar-refractivity contribution in [3.05, 3.63) is 58.9 Å². The maximum absolute atomic E-state index is 13.4. The Hall–Kier alpha value is -2.11. The molecule has 2 atom stereocenters. The minimum absolute atomic E-state index is 0.0346. The minimum atomic E-state index is -0.294. The predicted molar refractivity (Wildman–Crippen MR) is 94.4 cm³/mol. The van der Waals surface area contributed by atoms with Crippen LogP contribution in [0.4, 0.5) is 10.1 Å². The average molecular weight is 361 g/mol. The normalized spacial score (nSPS) is 23.2. The zero-order valence-electron chi connectivity index (χ0n) is 13.8. The van der Waals surface area contributed by atoms with Crippen LogP contribution in [-0.2, 0) is 4.79 Å². The number of ether oxygens (including phenoxy) is 1. The molecule has 0 aromatic heterocycles. The van der Waals surface area contributed by atoms with Gasteiger partial charge in [0.25, 0.3) is 0 Å². The molecule has 2 aliphatic rings. The van der Waals surface area contributed by atoms with Gasteiger partial charge >= 0.3 is 0 Å². The second-order valence-electron chi connectivity index (χ2n) is 6.35. The maximum atomic E-state index is 13.4. The molecule has 0 spiro atoms. The second-order valence-corrected chi connectivity index (χ2v) is 6.78. The molecule has 2 heterocycles. The Balaban J connectivity index is 1.85. The van der Waals surface area contributed by atoms with Gasteiger partial charge in [0, 0.05) is 11.6 Å². The highest BCUT2D eigenvalue weighted by molar-refractivity contribution is 6.31. The Morgan fingerprint density at radius 1 is 1.20 bits per heavy atom. The highest BCUT2D eigenvalue weighted by Crippen LogP contribution is 2.45. The Kier molecular flexibility index (Phi) is 4.13. The third-order valence-corrected chi connectivity index (χ3v) is 5.18. The van der Waals surface area contributed by atoms with E-state index in [9.17, 15) is 9.18 Å². The van der Waals surface area contributed by atoms with E-state index in [4.69, 9.17) is 16.3 Å². The number of carbonyl (C=O) groups excluding carboxylic acids is 1. The molecule has 2 fully saturated rings. The number of methoxy groups -OCH3 is 1. The van der Waals surface area contributed by atoms with E-state index >= 15 is 0 Å². The van der Waals surface area contributed by atoms with Crippen molar-refractivity contribution in [2.45, 2.75) is 25.0 Å². The zero-order valence-corrected chi connectivity index (χ0v) is 14.5. The van der Waals surface area contributed by atoms with Crippen molar-refractivity contribution in [3.8, 4) is 5.75 Å². The summed E-state index contributed by atoms with van der Waals surface area (Å²) in [7, 11) is 1.57. The number of nitrogens with zero attached hydrogens (tertiary/aromatic N) is 2. The van der Waals surface area contributed by atoms with Crippen LogP contribution >= 0.6 is 11.6 Å². The summed E-state index contributed by atoms with van der Waals surface area (Å²) in [4.78, 5) is 17.0. The van der Waals surface area contributed by atoms with Crippen LogP contribution in [-0.4, -0.2) is 30.5 Å². The van der Waals surface area contributed by atoms with Crippen molar-refractivity contribution in [2.75, 3.05) is 18.6 Å². The highest BCUT2D eigenvalue weighted by atomic mass is 35.5. The molecule has 2 saturated heterocycles. The van der Waals surface area contributed by atoms with E-state index in [2.05, 4.69) is 4.90 Å². The molecule has 4 rings (SSSR count). The molecule has 2 aromatic carbocycles. The first-order chi connectivity index (χ1) is 12.1. The quantitative estimate of drug-likeness (QED) is 0.829. The lowest BCUT2D eigenvalue weighted by atomic mass is 10.1. The lowest BCUT2D eigenvalue weighted by Crippen LogP contribution is -2.32. The van der Waals surface area contributed by atoms with E-state index in [0.717, 1.165) is 24.9 Å². The average Bonchev–Trinajstić information content (AvgIpc) is 3.18. The fraction of sp³-hybridized carbons (Fsp3) is 0.316. The number of hydrogen-bond acceptors (Lipinski definition) is 3. The Morgan fingerprint density at radius 3 is 2.68 bits per heavy atom. The largest absolute Gasteiger partial charge is 0.495 e. The summed E-state index contributed by atoms with van der Waals surface area (Å²) in [5, 5.41) is 0.536. The van der Waals surface area contributed by atoms with E-state index in [1.54, 1.807) is 42.3 Å². The lowest BCUT2D eigenvalue weighted by Gasteiger charge is -2.30. The van der Waals surface area contributed by atoms with Crippen LogP contribution in [0.3, 0.4) is 0 Å². The van der Waals surface area contributed by atoms with Crippen molar-refractivity contribution in [1.29, 1.82) is 0 Å². The number of rotatable bonds is 3. The zero-order chi connectivity index (χ0) is 17.6. The van der Waals surface area contributed by atoms with E-state index < -0.39 is 0 Å². The van der Waals surface area contributed by atoms with Gasteiger partial charge < -0.3 is 4.74 Å². The molecule has 2 aliphatic heterocycles. The van der Waals surface area contributed by atoms with Crippen LogP contribution in [0.25, 0.3) is 0 Å².